The third-order valence-corrected chi connectivity index (χ3v) is 5.02. The minimum atomic E-state index is -0.916. The van der Waals surface area contributed by atoms with Crippen LogP contribution in [0.15, 0.2) is 42.5 Å². The van der Waals surface area contributed by atoms with Gasteiger partial charge in [0.1, 0.15) is 11.8 Å². The first-order valence-electron chi connectivity index (χ1n) is 9.18. The number of hydrogen-bond acceptors (Lipinski definition) is 4. The number of nitrogens with one attached hydrogen (secondary N) is 2. The molecular formula is C21H22ClN3O4. The molecule has 7 nitrogen and oxygen atoms in total. The van der Waals surface area contributed by atoms with Gasteiger partial charge in [0.2, 0.25) is 11.8 Å². The molecule has 1 fully saturated rings. The molecule has 3 amide bonds. The van der Waals surface area contributed by atoms with Crippen LogP contribution in [-0.2, 0) is 9.59 Å². The van der Waals surface area contributed by atoms with Crippen LogP contribution in [0.25, 0.3) is 0 Å². The molecule has 0 spiro atoms. The first kappa shape index (κ1) is 20.7. The van der Waals surface area contributed by atoms with Gasteiger partial charge in [0, 0.05) is 23.8 Å². The first-order chi connectivity index (χ1) is 13.9. The van der Waals surface area contributed by atoms with Crippen LogP contribution in [0.1, 0.15) is 22.3 Å². The molecule has 1 aliphatic heterocycles. The molecule has 1 aliphatic rings. The number of rotatable bonds is 5. The van der Waals surface area contributed by atoms with Gasteiger partial charge in [-0.1, -0.05) is 29.8 Å². The van der Waals surface area contributed by atoms with E-state index in [4.69, 9.17) is 16.3 Å². The average molecular weight is 416 g/mol. The number of amides is 3. The Morgan fingerprint density at radius 2 is 2.03 bits per heavy atom. The largest absolute Gasteiger partial charge is 0.496 e. The fraction of sp³-hybridized carbons (Fsp3) is 0.286. The standard InChI is InChI=1S/C21H22ClN3O4/c1-13-7-8-14(22)11-16(13)24-19(26)12-17-20(27)23-9-10-25(17)21(28)15-5-3-4-6-18(15)29-2/h3-8,11,17H,9-10,12H2,1-2H3,(H,23,27)(H,24,26)/t17-/m1/s1. The summed E-state index contributed by atoms with van der Waals surface area (Å²) in [6.07, 6.45) is -0.168. The number of carbonyl (C=O) groups is 3. The fourth-order valence-electron chi connectivity index (χ4n) is 3.24. The van der Waals surface area contributed by atoms with Crippen LogP contribution in [0, 0.1) is 6.92 Å². The van der Waals surface area contributed by atoms with E-state index in [1.807, 2.05) is 6.92 Å². The minimum Gasteiger partial charge on any atom is -0.496 e. The number of para-hydroxylation sites is 1. The van der Waals surface area contributed by atoms with Crippen molar-refractivity contribution in [3.05, 3.63) is 58.6 Å². The van der Waals surface area contributed by atoms with Crippen LogP contribution < -0.4 is 15.4 Å². The van der Waals surface area contributed by atoms with Crippen molar-refractivity contribution in [2.75, 3.05) is 25.5 Å². The lowest BCUT2D eigenvalue weighted by Gasteiger charge is -2.35. The van der Waals surface area contributed by atoms with Gasteiger partial charge in [-0.3, -0.25) is 14.4 Å². The van der Waals surface area contributed by atoms with E-state index in [-0.39, 0.29) is 24.1 Å². The molecule has 8 heteroatoms. The lowest BCUT2D eigenvalue weighted by Crippen LogP contribution is -2.58. The van der Waals surface area contributed by atoms with E-state index in [1.54, 1.807) is 42.5 Å². The van der Waals surface area contributed by atoms with Crippen LogP contribution in [-0.4, -0.2) is 48.9 Å². The normalized spacial score (nSPS) is 16.2. The Morgan fingerprint density at radius 1 is 1.28 bits per heavy atom. The lowest BCUT2D eigenvalue weighted by atomic mass is 10.0. The smallest absolute Gasteiger partial charge is 0.258 e. The third-order valence-electron chi connectivity index (χ3n) is 4.78. The summed E-state index contributed by atoms with van der Waals surface area (Å²) in [6.45, 7) is 2.47. The second kappa shape index (κ2) is 8.96. The Morgan fingerprint density at radius 3 is 2.79 bits per heavy atom. The maximum Gasteiger partial charge on any atom is 0.258 e. The number of piperazine rings is 1. The number of aryl methyl sites for hydroxylation is 1. The Kier molecular flexibility index (Phi) is 6.39. The maximum atomic E-state index is 13.1. The Labute approximate surface area is 174 Å². The summed E-state index contributed by atoms with van der Waals surface area (Å²) in [4.78, 5) is 39.6. The molecule has 152 valence electrons. The molecule has 1 atom stereocenters. The zero-order chi connectivity index (χ0) is 21.0. The highest BCUT2D eigenvalue weighted by atomic mass is 35.5. The molecule has 0 aromatic heterocycles. The minimum absolute atomic E-state index is 0.168. The zero-order valence-corrected chi connectivity index (χ0v) is 17.0. The lowest BCUT2D eigenvalue weighted by molar-refractivity contribution is -0.131. The van der Waals surface area contributed by atoms with E-state index in [1.165, 1.54) is 12.0 Å². The molecule has 2 aromatic rings. The monoisotopic (exact) mass is 415 g/mol. The van der Waals surface area contributed by atoms with Crippen molar-refractivity contribution in [3.63, 3.8) is 0 Å². The molecule has 2 N–H and O–H groups in total. The van der Waals surface area contributed by atoms with Gasteiger partial charge in [-0.15, -0.1) is 0 Å². The molecule has 0 bridgehead atoms. The highest BCUT2D eigenvalue weighted by molar-refractivity contribution is 6.31. The summed E-state index contributed by atoms with van der Waals surface area (Å²) in [6, 6.07) is 11.1. The number of ether oxygens (including phenoxy) is 1. The summed E-state index contributed by atoms with van der Waals surface area (Å²) in [5.74, 6) is -0.678. The molecule has 0 aliphatic carbocycles. The van der Waals surface area contributed by atoms with E-state index < -0.39 is 6.04 Å². The van der Waals surface area contributed by atoms with Gasteiger partial charge in [-0.25, -0.2) is 0 Å². The van der Waals surface area contributed by atoms with Crippen LogP contribution in [0.5, 0.6) is 5.75 Å². The van der Waals surface area contributed by atoms with Crippen molar-refractivity contribution in [1.29, 1.82) is 0 Å². The number of nitrogens with zero attached hydrogens (tertiary/aromatic N) is 1. The predicted octanol–water partition coefficient (Wildman–Crippen LogP) is 2.63. The van der Waals surface area contributed by atoms with Crippen LogP contribution in [0.4, 0.5) is 5.69 Å². The van der Waals surface area contributed by atoms with Gasteiger partial charge < -0.3 is 20.3 Å². The van der Waals surface area contributed by atoms with Gasteiger partial charge in [0.05, 0.1) is 19.1 Å². The van der Waals surface area contributed by atoms with E-state index in [2.05, 4.69) is 10.6 Å². The summed E-state index contributed by atoms with van der Waals surface area (Å²) < 4.78 is 5.26. The van der Waals surface area contributed by atoms with Gasteiger partial charge in [-0.2, -0.15) is 0 Å². The molecular weight excluding hydrogens is 394 g/mol. The maximum absolute atomic E-state index is 13.1. The van der Waals surface area contributed by atoms with Crippen LogP contribution in [0.2, 0.25) is 5.02 Å². The molecule has 0 radical (unpaired) electrons. The topological polar surface area (TPSA) is 87.7 Å². The van der Waals surface area contributed by atoms with Crippen molar-refractivity contribution >= 4 is 35.0 Å². The summed E-state index contributed by atoms with van der Waals surface area (Å²) in [7, 11) is 1.48. The Bertz CT molecular complexity index is 947. The van der Waals surface area contributed by atoms with Gasteiger partial charge in [0.25, 0.3) is 5.91 Å². The first-order valence-corrected chi connectivity index (χ1v) is 9.56. The molecule has 2 aromatic carbocycles. The van der Waals surface area contributed by atoms with E-state index in [0.717, 1.165) is 5.56 Å². The number of methoxy groups -OCH3 is 1. The van der Waals surface area contributed by atoms with Crippen molar-refractivity contribution in [2.24, 2.45) is 0 Å². The van der Waals surface area contributed by atoms with E-state index in [0.29, 0.717) is 35.1 Å². The third kappa shape index (κ3) is 4.68. The average Bonchev–Trinajstić information content (AvgIpc) is 2.71. The molecule has 1 heterocycles. The molecule has 1 saturated heterocycles. The molecule has 0 unspecified atom stereocenters. The number of carbonyl (C=O) groups excluding carboxylic acids is 3. The summed E-state index contributed by atoms with van der Waals surface area (Å²) in [5, 5.41) is 5.99. The van der Waals surface area contributed by atoms with E-state index >= 15 is 0 Å². The number of anilines is 1. The fourth-order valence-corrected chi connectivity index (χ4v) is 3.41. The summed E-state index contributed by atoms with van der Waals surface area (Å²) in [5.41, 5.74) is 1.76. The predicted molar refractivity (Wildman–Crippen MR) is 110 cm³/mol. The highest BCUT2D eigenvalue weighted by Gasteiger charge is 2.36. The number of hydrogen-bond donors (Lipinski definition) is 2. The number of halogens is 1. The van der Waals surface area contributed by atoms with Crippen LogP contribution >= 0.6 is 11.6 Å². The zero-order valence-electron chi connectivity index (χ0n) is 16.2. The summed E-state index contributed by atoms with van der Waals surface area (Å²) >= 11 is 6.00. The van der Waals surface area contributed by atoms with E-state index in [9.17, 15) is 14.4 Å². The van der Waals surface area contributed by atoms with Crippen molar-refractivity contribution in [1.82, 2.24) is 10.2 Å². The van der Waals surface area contributed by atoms with Crippen molar-refractivity contribution < 1.29 is 19.1 Å². The number of benzene rings is 2. The van der Waals surface area contributed by atoms with Gasteiger partial charge in [0.15, 0.2) is 0 Å². The van der Waals surface area contributed by atoms with Gasteiger partial charge >= 0.3 is 0 Å². The quantitative estimate of drug-likeness (QED) is 0.785. The van der Waals surface area contributed by atoms with Crippen molar-refractivity contribution in [2.45, 2.75) is 19.4 Å². The SMILES string of the molecule is COc1ccccc1C(=O)N1CCNC(=O)[C@H]1CC(=O)Nc1cc(Cl)ccc1C. The Balaban J connectivity index is 1.79. The van der Waals surface area contributed by atoms with Crippen molar-refractivity contribution in [3.8, 4) is 5.75 Å². The second-order valence-corrected chi connectivity index (χ2v) is 7.15. The Hall–Kier alpha value is -3.06. The molecule has 29 heavy (non-hydrogen) atoms. The highest BCUT2D eigenvalue weighted by Crippen LogP contribution is 2.23. The van der Waals surface area contributed by atoms with Gasteiger partial charge in [-0.05, 0) is 36.8 Å². The van der Waals surface area contributed by atoms with Crippen LogP contribution in [0.3, 0.4) is 0 Å². The molecule has 0 saturated carbocycles. The second-order valence-electron chi connectivity index (χ2n) is 6.72. The molecule has 3 rings (SSSR count).